The SMILES string of the molecule is NCCCCS(=O)(=O)Nc1ccc(Cl)cc1C(F)(F)F. The van der Waals surface area contributed by atoms with Crippen molar-refractivity contribution in [1.82, 2.24) is 0 Å². The van der Waals surface area contributed by atoms with E-state index in [0.717, 1.165) is 6.07 Å². The average Bonchev–Trinajstić information content (AvgIpc) is 2.30. The van der Waals surface area contributed by atoms with Gasteiger partial charge in [-0.05, 0) is 37.6 Å². The van der Waals surface area contributed by atoms with Crippen LogP contribution >= 0.6 is 11.6 Å². The molecule has 0 radical (unpaired) electrons. The van der Waals surface area contributed by atoms with Crippen molar-refractivity contribution < 1.29 is 21.6 Å². The van der Waals surface area contributed by atoms with Gasteiger partial charge in [0, 0.05) is 5.02 Å². The van der Waals surface area contributed by atoms with E-state index in [-0.39, 0.29) is 17.2 Å². The van der Waals surface area contributed by atoms with E-state index in [1.807, 2.05) is 4.72 Å². The van der Waals surface area contributed by atoms with Crippen molar-refractivity contribution in [2.45, 2.75) is 19.0 Å². The van der Waals surface area contributed by atoms with Gasteiger partial charge in [-0.2, -0.15) is 13.2 Å². The number of halogens is 4. The summed E-state index contributed by atoms with van der Waals surface area (Å²) in [7, 11) is -3.85. The first kappa shape index (κ1) is 17.1. The van der Waals surface area contributed by atoms with E-state index < -0.39 is 27.5 Å². The first-order valence-corrected chi connectivity index (χ1v) is 7.76. The van der Waals surface area contributed by atoms with Crippen LogP contribution in [0.25, 0.3) is 0 Å². The molecule has 0 aromatic heterocycles. The van der Waals surface area contributed by atoms with Gasteiger partial charge < -0.3 is 5.73 Å². The number of benzene rings is 1. The van der Waals surface area contributed by atoms with Crippen molar-refractivity contribution in [3.05, 3.63) is 28.8 Å². The summed E-state index contributed by atoms with van der Waals surface area (Å²) < 4.78 is 63.7. The number of anilines is 1. The summed E-state index contributed by atoms with van der Waals surface area (Å²) >= 11 is 5.51. The summed E-state index contributed by atoms with van der Waals surface area (Å²) in [6.07, 6.45) is -3.94. The number of hydrogen-bond donors (Lipinski definition) is 2. The molecule has 0 unspecified atom stereocenters. The zero-order chi connectivity index (χ0) is 15.4. The van der Waals surface area contributed by atoms with E-state index in [9.17, 15) is 21.6 Å². The number of hydrogen-bond acceptors (Lipinski definition) is 3. The second-order valence-corrected chi connectivity index (χ2v) is 6.38. The Bertz CT molecular complexity index is 561. The molecule has 0 aliphatic heterocycles. The van der Waals surface area contributed by atoms with Gasteiger partial charge in [-0.25, -0.2) is 8.42 Å². The lowest BCUT2D eigenvalue weighted by molar-refractivity contribution is -0.136. The highest BCUT2D eigenvalue weighted by Gasteiger charge is 2.34. The monoisotopic (exact) mass is 330 g/mol. The molecule has 0 heterocycles. The molecule has 9 heteroatoms. The van der Waals surface area contributed by atoms with Crippen molar-refractivity contribution in [1.29, 1.82) is 0 Å². The summed E-state index contributed by atoms with van der Waals surface area (Å²) in [6.45, 7) is 0.324. The summed E-state index contributed by atoms with van der Waals surface area (Å²) in [5.74, 6) is -0.288. The number of unbranched alkanes of at least 4 members (excludes halogenated alkanes) is 1. The fraction of sp³-hybridized carbons (Fsp3) is 0.455. The quantitative estimate of drug-likeness (QED) is 0.788. The molecule has 0 atom stereocenters. The minimum atomic E-state index is -4.69. The molecule has 4 nitrogen and oxygen atoms in total. The second kappa shape index (κ2) is 6.64. The van der Waals surface area contributed by atoms with E-state index in [2.05, 4.69) is 0 Å². The molecule has 1 aromatic rings. The Kier molecular flexibility index (Phi) is 5.67. The normalized spacial score (nSPS) is 12.4. The highest BCUT2D eigenvalue weighted by atomic mass is 35.5. The molecule has 0 aliphatic rings. The lowest BCUT2D eigenvalue weighted by Gasteiger charge is -2.15. The van der Waals surface area contributed by atoms with Gasteiger partial charge in [0.2, 0.25) is 10.0 Å². The Balaban J connectivity index is 2.98. The Morgan fingerprint density at radius 1 is 1.25 bits per heavy atom. The van der Waals surface area contributed by atoms with Crippen molar-refractivity contribution >= 4 is 27.3 Å². The van der Waals surface area contributed by atoms with E-state index >= 15 is 0 Å². The largest absolute Gasteiger partial charge is 0.418 e. The van der Waals surface area contributed by atoms with E-state index in [1.165, 1.54) is 6.07 Å². The number of nitrogens with two attached hydrogens (primary N) is 1. The highest BCUT2D eigenvalue weighted by Crippen LogP contribution is 2.36. The zero-order valence-electron chi connectivity index (χ0n) is 10.4. The van der Waals surface area contributed by atoms with Gasteiger partial charge in [0.1, 0.15) is 0 Å². The third-order valence-corrected chi connectivity index (χ3v) is 4.01. The predicted molar refractivity (Wildman–Crippen MR) is 72.2 cm³/mol. The molecule has 0 bridgehead atoms. The fourth-order valence-corrected chi connectivity index (χ4v) is 2.87. The smallest absolute Gasteiger partial charge is 0.330 e. The van der Waals surface area contributed by atoms with Gasteiger partial charge in [0.15, 0.2) is 0 Å². The lowest BCUT2D eigenvalue weighted by Crippen LogP contribution is -2.20. The van der Waals surface area contributed by atoms with Crippen LogP contribution in [0.15, 0.2) is 18.2 Å². The van der Waals surface area contributed by atoms with Gasteiger partial charge in [0.25, 0.3) is 0 Å². The molecule has 0 aliphatic carbocycles. The number of sulfonamides is 1. The van der Waals surface area contributed by atoms with Crippen molar-refractivity contribution in [2.75, 3.05) is 17.0 Å². The van der Waals surface area contributed by atoms with Crippen molar-refractivity contribution in [2.24, 2.45) is 5.73 Å². The minimum Gasteiger partial charge on any atom is -0.330 e. The maximum atomic E-state index is 12.8. The molecule has 114 valence electrons. The minimum absolute atomic E-state index is 0.122. The van der Waals surface area contributed by atoms with Crippen LogP contribution in [0.2, 0.25) is 5.02 Å². The lowest BCUT2D eigenvalue weighted by atomic mass is 10.2. The summed E-state index contributed by atoms with van der Waals surface area (Å²) in [4.78, 5) is 0. The van der Waals surface area contributed by atoms with Gasteiger partial charge >= 0.3 is 6.18 Å². The molecule has 1 rings (SSSR count). The summed E-state index contributed by atoms with van der Waals surface area (Å²) in [5, 5.41) is -0.122. The van der Waals surface area contributed by atoms with Gasteiger partial charge in [-0.1, -0.05) is 11.6 Å². The third kappa shape index (κ3) is 5.18. The predicted octanol–water partition coefficient (Wildman–Crippen LogP) is 2.84. The van der Waals surface area contributed by atoms with Crippen LogP contribution in [0.1, 0.15) is 18.4 Å². The number of rotatable bonds is 6. The Morgan fingerprint density at radius 2 is 1.90 bits per heavy atom. The molecule has 0 saturated carbocycles. The van der Waals surface area contributed by atoms with Gasteiger partial charge in [0.05, 0.1) is 17.0 Å². The van der Waals surface area contributed by atoms with Crippen LogP contribution < -0.4 is 10.5 Å². The molecule has 0 saturated heterocycles. The molecular weight excluding hydrogens is 317 g/mol. The van der Waals surface area contributed by atoms with Crippen LogP contribution in [0.4, 0.5) is 18.9 Å². The molecule has 0 spiro atoms. The standard InChI is InChI=1S/C11H14ClF3N2O2S/c12-8-3-4-10(9(7-8)11(13,14)15)17-20(18,19)6-2-1-5-16/h3-4,7,17H,1-2,5-6,16H2. The van der Waals surface area contributed by atoms with E-state index in [1.54, 1.807) is 0 Å². The van der Waals surface area contributed by atoms with E-state index in [0.29, 0.717) is 19.0 Å². The molecule has 0 amide bonds. The highest BCUT2D eigenvalue weighted by molar-refractivity contribution is 7.92. The van der Waals surface area contributed by atoms with E-state index in [4.69, 9.17) is 17.3 Å². The third-order valence-electron chi connectivity index (χ3n) is 2.42. The van der Waals surface area contributed by atoms with Crippen LogP contribution in [0.3, 0.4) is 0 Å². The molecule has 3 N–H and O–H groups in total. The van der Waals surface area contributed by atoms with Crippen molar-refractivity contribution in [3.8, 4) is 0 Å². The molecule has 20 heavy (non-hydrogen) atoms. The zero-order valence-corrected chi connectivity index (χ0v) is 11.9. The topological polar surface area (TPSA) is 72.2 Å². The Morgan fingerprint density at radius 3 is 2.45 bits per heavy atom. The molecule has 1 aromatic carbocycles. The molecular formula is C11H14ClF3N2O2S. The Hall–Kier alpha value is -0.990. The number of nitrogens with one attached hydrogen (secondary N) is 1. The number of alkyl halides is 3. The maximum absolute atomic E-state index is 12.8. The molecule has 0 fully saturated rings. The average molecular weight is 331 g/mol. The summed E-state index contributed by atoms with van der Waals surface area (Å²) in [5.41, 5.74) is 3.58. The van der Waals surface area contributed by atoms with Gasteiger partial charge in [-0.3, -0.25) is 4.72 Å². The second-order valence-electron chi connectivity index (χ2n) is 4.10. The summed E-state index contributed by atoms with van der Waals surface area (Å²) in [6, 6.07) is 2.86. The van der Waals surface area contributed by atoms with Crippen LogP contribution in [0.5, 0.6) is 0 Å². The first-order valence-electron chi connectivity index (χ1n) is 5.73. The first-order chi connectivity index (χ1) is 9.15. The van der Waals surface area contributed by atoms with Crippen molar-refractivity contribution in [3.63, 3.8) is 0 Å². The fourth-order valence-electron chi connectivity index (χ4n) is 1.49. The van der Waals surface area contributed by atoms with Crippen LogP contribution in [0, 0.1) is 0 Å². The van der Waals surface area contributed by atoms with Gasteiger partial charge in [-0.15, -0.1) is 0 Å². The van der Waals surface area contributed by atoms with Crippen LogP contribution in [-0.4, -0.2) is 20.7 Å². The maximum Gasteiger partial charge on any atom is 0.418 e. The van der Waals surface area contributed by atoms with Crippen LogP contribution in [-0.2, 0) is 16.2 Å². The Labute approximate surface area is 120 Å².